The third kappa shape index (κ3) is 1.51. The van der Waals surface area contributed by atoms with Gasteiger partial charge in [0.05, 0.1) is 0 Å². The van der Waals surface area contributed by atoms with Crippen molar-refractivity contribution in [3.8, 4) is 0 Å². The summed E-state index contributed by atoms with van der Waals surface area (Å²) < 4.78 is 34.6. The smallest absolute Gasteiger partial charge is 0.280 e. The maximum absolute atomic E-state index is 11.5. The number of hydrogen-bond acceptors (Lipinski definition) is 4. The highest BCUT2D eigenvalue weighted by atomic mass is 19.4. The number of carbonyl (C=O) groups excluding carboxylic acids is 1. The Hall–Kier alpha value is -1.47. The Kier molecular flexibility index (Phi) is 1.59. The second-order valence-electron chi connectivity index (χ2n) is 1.56. The van der Waals surface area contributed by atoms with E-state index in [1.807, 2.05) is 0 Å². The highest BCUT2D eigenvalue weighted by molar-refractivity contribution is 5.96. The Morgan fingerprint density at radius 3 is 2.45 bits per heavy atom. The highest BCUT2D eigenvalue weighted by Gasteiger charge is 2.42. The van der Waals surface area contributed by atoms with Gasteiger partial charge in [-0.1, -0.05) is 0 Å². The molecule has 0 unspecified atom stereocenters. The van der Waals surface area contributed by atoms with E-state index in [0.717, 1.165) is 0 Å². The number of tetrazole rings is 1. The average molecular weight is 166 g/mol. The van der Waals surface area contributed by atoms with Gasteiger partial charge in [-0.2, -0.15) is 18.4 Å². The van der Waals surface area contributed by atoms with Gasteiger partial charge in [0.15, 0.2) is 0 Å². The van der Waals surface area contributed by atoms with Gasteiger partial charge in [-0.15, -0.1) is 10.2 Å². The lowest BCUT2D eigenvalue weighted by Gasteiger charge is -1.98. The van der Waals surface area contributed by atoms with E-state index >= 15 is 0 Å². The molecule has 0 atom stereocenters. The Balaban J connectivity index is 2.88. The zero-order valence-electron chi connectivity index (χ0n) is 4.88. The number of aromatic nitrogens is 4. The van der Waals surface area contributed by atoms with Crippen LogP contribution < -0.4 is 0 Å². The van der Waals surface area contributed by atoms with Crippen molar-refractivity contribution in [2.24, 2.45) is 0 Å². The van der Waals surface area contributed by atoms with Crippen LogP contribution in [0.2, 0.25) is 0 Å². The number of hydrogen-bond donors (Lipinski definition) is 1. The normalized spacial score (nSPS) is 11.5. The Labute approximate surface area is 57.6 Å². The third-order valence-corrected chi connectivity index (χ3v) is 0.806. The van der Waals surface area contributed by atoms with Crippen LogP contribution in [-0.2, 0) is 0 Å². The third-order valence-electron chi connectivity index (χ3n) is 0.806. The molecular formula is C3HF3N4O. The van der Waals surface area contributed by atoms with Gasteiger partial charge in [-0.25, -0.2) is 0 Å². The highest BCUT2D eigenvalue weighted by Crippen LogP contribution is 2.18. The summed E-state index contributed by atoms with van der Waals surface area (Å²) >= 11 is 0. The lowest BCUT2D eigenvalue weighted by atomic mass is 10.4. The van der Waals surface area contributed by atoms with Gasteiger partial charge >= 0.3 is 12.0 Å². The maximum Gasteiger partial charge on any atom is 0.458 e. The fourth-order valence-corrected chi connectivity index (χ4v) is 0.385. The zero-order chi connectivity index (χ0) is 8.48. The number of rotatable bonds is 1. The number of Topliss-reactive ketones (excluding diaryl/α,β-unsaturated/α-hetero) is 1. The van der Waals surface area contributed by atoms with E-state index in [1.54, 1.807) is 5.21 Å². The Morgan fingerprint density at radius 1 is 1.45 bits per heavy atom. The van der Waals surface area contributed by atoms with E-state index in [4.69, 9.17) is 0 Å². The first kappa shape index (κ1) is 7.63. The lowest BCUT2D eigenvalue weighted by Crippen LogP contribution is -2.23. The number of aromatic amines is 1. The Bertz CT molecular complexity index is 252. The van der Waals surface area contributed by atoms with Crippen molar-refractivity contribution in [3.05, 3.63) is 5.82 Å². The number of H-pyrrole nitrogens is 1. The summed E-state index contributed by atoms with van der Waals surface area (Å²) in [4.78, 5) is 10.2. The summed E-state index contributed by atoms with van der Waals surface area (Å²) in [7, 11) is 0. The van der Waals surface area contributed by atoms with Gasteiger partial charge in [-0.05, 0) is 5.21 Å². The molecule has 0 aromatic carbocycles. The fourth-order valence-electron chi connectivity index (χ4n) is 0.385. The van der Waals surface area contributed by atoms with E-state index < -0.39 is 17.8 Å². The minimum atomic E-state index is -4.94. The van der Waals surface area contributed by atoms with Crippen molar-refractivity contribution in [3.63, 3.8) is 0 Å². The molecule has 5 nitrogen and oxygen atoms in total. The number of nitrogens with zero attached hydrogens (tertiary/aromatic N) is 3. The first-order chi connectivity index (χ1) is 5.02. The molecule has 0 radical (unpaired) electrons. The van der Waals surface area contributed by atoms with Crippen LogP contribution >= 0.6 is 0 Å². The van der Waals surface area contributed by atoms with E-state index in [0.29, 0.717) is 0 Å². The predicted octanol–water partition coefficient (Wildman–Crippen LogP) is -0.0553. The molecule has 1 rings (SSSR count). The molecule has 11 heavy (non-hydrogen) atoms. The second kappa shape index (κ2) is 2.29. The van der Waals surface area contributed by atoms with Crippen molar-refractivity contribution < 1.29 is 18.0 Å². The SMILES string of the molecule is O=C(c1nn[nH]n1)C(F)(F)F. The summed E-state index contributed by atoms with van der Waals surface area (Å²) in [6, 6.07) is 0. The molecule has 0 amide bonds. The van der Waals surface area contributed by atoms with Crippen LogP contribution in [0.15, 0.2) is 0 Å². The van der Waals surface area contributed by atoms with Crippen molar-refractivity contribution in [2.45, 2.75) is 6.18 Å². The molecule has 1 aromatic heterocycles. The van der Waals surface area contributed by atoms with Crippen LogP contribution in [0.1, 0.15) is 10.6 Å². The summed E-state index contributed by atoms with van der Waals surface area (Å²) in [6.07, 6.45) is -4.94. The lowest BCUT2D eigenvalue weighted by molar-refractivity contribution is -0.0891. The first-order valence-corrected chi connectivity index (χ1v) is 2.37. The van der Waals surface area contributed by atoms with Gasteiger partial charge in [0, 0.05) is 0 Å². The topological polar surface area (TPSA) is 71.5 Å². The van der Waals surface area contributed by atoms with Crippen LogP contribution in [0.3, 0.4) is 0 Å². The second-order valence-corrected chi connectivity index (χ2v) is 1.56. The molecule has 1 heterocycles. The monoisotopic (exact) mass is 166 g/mol. The molecule has 0 saturated heterocycles. The summed E-state index contributed by atoms with van der Waals surface area (Å²) in [5.41, 5.74) is 0. The molecule has 0 bridgehead atoms. The van der Waals surface area contributed by atoms with E-state index in [-0.39, 0.29) is 0 Å². The maximum atomic E-state index is 11.5. The van der Waals surface area contributed by atoms with Gasteiger partial charge in [0.1, 0.15) is 0 Å². The number of ketones is 1. The summed E-state index contributed by atoms with van der Waals surface area (Å²) in [6.45, 7) is 0. The molecule has 8 heteroatoms. The standard InChI is InChI=1S/C3HF3N4O/c4-3(5,6)1(11)2-7-9-10-8-2/h(H,7,8,9,10). The molecular weight excluding hydrogens is 165 g/mol. The minimum absolute atomic E-state index is 0.975. The zero-order valence-corrected chi connectivity index (χ0v) is 4.88. The quantitative estimate of drug-likeness (QED) is 0.593. The molecule has 1 N–H and O–H groups in total. The van der Waals surface area contributed by atoms with Crippen LogP contribution in [0.4, 0.5) is 13.2 Å². The van der Waals surface area contributed by atoms with Gasteiger partial charge in [-0.3, -0.25) is 4.79 Å². The molecule has 0 saturated carbocycles. The number of halogens is 3. The predicted molar refractivity (Wildman–Crippen MR) is 24.6 cm³/mol. The van der Waals surface area contributed by atoms with Gasteiger partial charge in [0.2, 0.25) is 5.82 Å². The molecule has 0 aliphatic carbocycles. The average Bonchev–Trinajstić information content (AvgIpc) is 2.34. The van der Waals surface area contributed by atoms with Gasteiger partial charge < -0.3 is 0 Å². The largest absolute Gasteiger partial charge is 0.458 e. The molecule has 1 aromatic rings. The van der Waals surface area contributed by atoms with Crippen LogP contribution in [-0.4, -0.2) is 32.6 Å². The summed E-state index contributed by atoms with van der Waals surface area (Å²) in [5, 5.41) is 10.3. The van der Waals surface area contributed by atoms with Crippen molar-refractivity contribution in [2.75, 3.05) is 0 Å². The van der Waals surface area contributed by atoms with Gasteiger partial charge in [0.25, 0.3) is 0 Å². The molecule has 0 aliphatic heterocycles. The van der Waals surface area contributed by atoms with Crippen LogP contribution in [0.5, 0.6) is 0 Å². The van der Waals surface area contributed by atoms with Crippen LogP contribution in [0.25, 0.3) is 0 Å². The van der Waals surface area contributed by atoms with Crippen molar-refractivity contribution in [1.29, 1.82) is 0 Å². The van der Waals surface area contributed by atoms with E-state index in [9.17, 15) is 18.0 Å². The molecule has 0 aliphatic rings. The van der Waals surface area contributed by atoms with E-state index in [1.165, 1.54) is 0 Å². The minimum Gasteiger partial charge on any atom is -0.280 e. The van der Waals surface area contributed by atoms with Crippen molar-refractivity contribution in [1.82, 2.24) is 20.6 Å². The first-order valence-electron chi connectivity index (χ1n) is 2.37. The molecule has 60 valence electrons. The van der Waals surface area contributed by atoms with Crippen LogP contribution in [0, 0.1) is 0 Å². The molecule has 0 fully saturated rings. The number of carbonyl (C=O) groups is 1. The Morgan fingerprint density at radius 2 is 2.09 bits per heavy atom. The summed E-state index contributed by atoms with van der Waals surface area (Å²) in [5.74, 6) is -3.08. The molecule has 0 spiro atoms. The van der Waals surface area contributed by atoms with Crippen molar-refractivity contribution >= 4 is 5.78 Å². The number of nitrogens with one attached hydrogen (secondary N) is 1. The van der Waals surface area contributed by atoms with E-state index in [2.05, 4.69) is 15.4 Å². The number of alkyl halides is 3. The fraction of sp³-hybridized carbons (Fsp3) is 0.333.